The van der Waals surface area contributed by atoms with Crippen LogP contribution in [0.1, 0.15) is 6.92 Å². The second-order valence-corrected chi connectivity index (χ2v) is 4.79. The van der Waals surface area contributed by atoms with E-state index in [-0.39, 0.29) is 18.4 Å². The number of nitrogens with one attached hydrogen (secondary N) is 2. The average Bonchev–Trinajstić information content (AvgIpc) is 2.86. The van der Waals surface area contributed by atoms with Crippen molar-refractivity contribution < 1.29 is 14.3 Å². The lowest BCUT2D eigenvalue weighted by atomic mass is 10.4. The SMILES string of the molecule is CC(=O)Nc1cn(CC(=O)NCCN2CCOCC2)nn1. The van der Waals surface area contributed by atoms with Crippen LogP contribution >= 0.6 is 0 Å². The molecular weight excluding hydrogens is 276 g/mol. The summed E-state index contributed by atoms with van der Waals surface area (Å²) in [4.78, 5) is 24.9. The normalized spacial score (nSPS) is 15.7. The van der Waals surface area contributed by atoms with Crippen LogP contribution in [-0.4, -0.2) is 71.1 Å². The molecule has 0 aliphatic carbocycles. The fraction of sp³-hybridized carbons (Fsp3) is 0.667. The van der Waals surface area contributed by atoms with Gasteiger partial charge in [-0.25, -0.2) is 4.68 Å². The zero-order valence-corrected chi connectivity index (χ0v) is 12.0. The Bertz CT molecular complexity index is 483. The number of hydrogen-bond donors (Lipinski definition) is 2. The number of aromatic nitrogens is 3. The molecule has 1 fully saturated rings. The van der Waals surface area contributed by atoms with E-state index in [1.165, 1.54) is 17.8 Å². The number of morpholine rings is 1. The van der Waals surface area contributed by atoms with Gasteiger partial charge in [-0.15, -0.1) is 5.10 Å². The van der Waals surface area contributed by atoms with Crippen molar-refractivity contribution in [2.24, 2.45) is 0 Å². The van der Waals surface area contributed by atoms with E-state index in [1.807, 2.05) is 0 Å². The Balaban J connectivity index is 1.66. The third kappa shape index (κ3) is 5.48. The highest BCUT2D eigenvalue weighted by atomic mass is 16.5. The first-order valence-corrected chi connectivity index (χ1v) is 6.88. The van der Waals surface area contributed by atoms with Gasteiger partial charge in [0.25, 0.3) is 0 Å². The summed E-state index contributed by atoms with van der Waals surface area (Å²) in [6.45, 7) is 6.17. The smallest absolute Gasteiger partial charge is 0.241 e. The Morgan fingerprint density at radius 1 is 1.38 bits per heavy atom. The van der Waals surface area contributed by atoms with Gasteiger partial charge in [0.1, 0.15) is 6.54 Å². The van der Waals surface area contributed by atoms with Crippen LogP contribution in [0.25, 0.3) is 0 Å². The molecule has 116 valence electrons. The number of amides is 2. The zero-order valence-electron chi connectivity index (χ0n) is 12.0. The predicted octanol–water partition coefficient (Wildman–Crippen LogP) is -1.32. The Labute approximate surface area is 122 Å². The lowest BCUT2D eigenvalue weighted by Gasteiger charge is -2.26. The third-order valence-electron chi connectivity index (χ3n) is 3.00. The number of ether oxygens (including phenoxy) is 1. The molecule has 9 nitrogen and oxygen atoms in total. The summed E-state index contributed by atoms with van der Waals surface area (Å²) in [5.74, 6) is -0.0248. The summed E-state index contributed by atoms with van der Waals surface area (Å²) in [5, 5.41) is 12.8. The lowest BCUT2D eigenvalue weighted by molar-refractivity contribution is -0.122. The largest absolute Gasteiger partial charge is 0.379 e. The molecule has 0 radical (unpaired) electrons. The molecule has 1 aromatic rings. The van der Waals surface area contributed by atoms with E-state index in [4.69, 9.17) is 4.74 Å². The molecule has 1 saturated heterocycles. The van der Waals surface area contributed by atoms with Crippen LogP contribution in [0.4, 0.5) is 5.82 Å². The van der Waals surface area contributed by atoms with Crippen LogP contribution in [0.3, 0.4) is 0 Å². The van der Waals surface area contributed by atoms with Crippen molar-refractivity contribution in [2.45, 2.75) is 13.5 Å². The van der Waals surface area contributed by atoms with E-state index in [9.17, 15) is 9.59 Å². The first-order chi connectivity index (χ1) is 10.1. The summed E-state index contributed by atoms with van der Waals surface area (Å²) >= 11 is 0. The minimum atomic E-state index is -0.225. The minimum absolute atomic E-state index is 0.0791. The fourth-order valence-electron chi connectivity index (χ4n) is 1.99. The van der Waals surface area contributed by atoms with Gasteiger partial charge >= 0.3 is 0 Å². The highest BCUT2D eigenvalue weighted by molar-refractivity contribution is 5.87. The second-order valence-electron chi connectivity index (χ2n) is 4.79. The van der Waals surface area contributed by atoms with Gasteiger partial charge < -0.3 is 15.4 Å². The van der Waals surface area contributed by atoms with Crippen molar-refractivity contribution in [1.29, 1.82) is 0 Å². The van der Waals surface area contributed by atoms with E-state index in [1.54, 1.807) is 0 Å². The van der Waals surface area contributed by atoms with Crippen LogP contribution in [-0.2, 0) is 20.9 Å². The van der Waals surface area contributed by atoms with Crippen molar-refractivity contribution >= 4 is 17.6 Å². The highest BCUT2D eigenvalue weighted by Gasteiger charge is 2.11. The van der Waals surface area contributed by atoms with Crippen LogP contribution in [0.2, 0.25) is 0 Å². The lowest BCUT2D eigenvalue weighted by Crippen LogP contribution is -2.41. The summed E-state index contributed by atoms with van der Waals surface area (Å²) in [7, 11) is 0. The summed E-state index contributed by atoms with van der Waals surface area (Å²) in [6.07, 6.45) is 1.52. The van der Waals surface area contributed by atoms with E-state index in [2.05, 4.69) is 25.8 Å². The molecule has 2 heterocycles. The van der Waals surface area contributed by atoms with Crippen LogP contribution in [0.5, 0.6) is 0 Å². The number of hydrogen-bond acceptors (Lipinski definition) is 6. The molecular formula is C12H20N6O3. The Morgan fingerprint density at radius 3 is 2.86 bits per heavy atom. The molecule has 1 aliphatic heterocycles. The zero-order chi connectivity index (χ0) is 15.1. The Morgan fingerprint density at radius 2 is 2.14 bits per heavy atom. The number of rotatable bonds is 6. The Kier molecular flexibility index (Phi) is 5.64. The summed E-state index contributed by atoms with van der Waals surface area (Å²) < 4.78 is 6.64. The molecule has 0 unspecified atom stereocenters. The summed E-state index contributed by atoms with van der Waals surface area (Å²) in [6, 6.07) is 0. The molecule has 1 aromatic heterocycles. The standard InChI is InChI=1S/C12H20N6O3/c1-10(19)14-11-8-18(16-15-11)9-12(20)13-2-3-17-4-6-21-7-5-17/h8H,2-7,9H2,1H3,(H,13,20)(H,14,19). The average molecular weight is 296 g/mol. The van der Waals surface area contributed by atoms with Gasteiger partial charge in [0.2, 0.25) is 11.8 Å². The predicted molar refractivity (Wildman–Crippen MR) is 74.6 cm³/mol. The molecule has 1 aliphatic rings. The van der Waals surface area contributed by atoms with Crippen molar-refractivity contribution in [3.63, 3.8) is 0 Å². The van der Waals surface area contributed by atoms with Gasteiger partial charge in [0, 0.05) is 33.1 Å². The maximum atomic E-state index is 11.8. The molecule has 2 rings (SSSR count). The monoisotopic (exact) mass is 296 g/mol. The first-order valence-electron chi connectivity index (χ1n) is 6.88. The number of anilines is 1. The second kappa shape index (κ2) is 7.70. The maximum Gasteiger partial charge on any atom is 0.241 e. The van der Waals surface area contributed by atoms with Crippen LogP contribution in [0, 0.1) is 0 Å². The van der Waals surface area contributed by atoms with Gasteiger partial charge in [-0.3, -0.25) is 14.5 Å². The molecule has 0 bridgehead atoms. The van der Waals surface area contributed by atoms with Crippen molar-refractivity contribution in [3.8, 4) is 0 Å². The highest BCUT2D eigenvalue weighted by Crippen LogP contribution is 1.99. The van der Waals surface area contributed by atoms with E-state index >= 15 is 0 Å². The molecule has 21 heavy (non-hydrogen) atoms. The van der Waals surface area contributed by atoms with E-state index < -0.39 is 0 Å². The van der Waals surface area contributed by atoms with Crippen molar-refractivity contribution in [1.82, 2.24) is 25.2 Å². The topological polar surface area (TPSA) is 101 Å². The van der Waals surface area contributed by atoms with Crippen molar-refractivity contribution in [2.75, 3.05) is 44.7 Å². The third-order valence-corrected chi connectivity index (χ3v) is 3.00. The van der Waals surface area contributed by atoms with E-state index in [0.29, 0.717) is 12.4 Å². The molecule has 2 N–H and O–H groups in total. The van der Waals surface area contributed by atoms with Gasteiger partial charge in [-0.05, 0) is 0 Å². The summed E-state index contributed by atoms with van der Waals surface area (Å²) in [5.41, 5.74) is 0. The van der Waals surface area contributed by atoms with Crippen LogP contribution in [0.15, 0.2) is 6.20 Å². The molecule has 0 spiro atoms. The fourth-order valence-corrected chi connectivity index (χ4v) is 1.99. The maximum absolute atomic E-state index is 11.8. The van der Waals surface area contributed by atoms with E-state index in [0.717, 1.165) is 32.8 Å². The van der Waals surface area contributed by atoms with Crippen molar-refractivity contribution in [3.05, 3.63) is 6.20 Å². The van der Waals surface area contributed by atoms with Gasteiger partial charge in [0.05, 0.1) is 19.4 Å². The minimum Gasteiger partial charge on any atom is -0.379 e. The molecule has 0 atom stereocenters. The molecule has 2 amide bonds. The van der Waals surface area contributed by atoms with Gasteiger partial charge in [-0.1, -0.05) is 5.21 Å². The number of carbonyl (C=O) groups excluding carboxylic acids is 2. The first kappa shape index (κ1) is 15.4. The Hall–Kier alpha value is -2.00. The molecule has 0 saturated carbocycles. The van der Waals surface area contributed by atoms with Crippen LogP contribution < -0.4 is 10.6 Å². The van der Waals surface area contributed by atoms with Gasteiger partial charge in [-0.2, -0.15) is 0 Å². The molecule has 0 aromatic carbocycles. The van der Waals surface area contributed by atoms with Gasteiger partial charge in [0.15, 0.2) is 5.82 Å². The molecule has 9 heteroatoms. The quantitative estimate of drug-likeness (QED) is 0.675. The number of carbonyl (C=O) groups is 2. The number of nitrogens with zero attached hydrogens (tertiary/aromatic N) is 4.